The summed E-state index contributed by atoms with van der Waals surface area (Å²) in [4.78, 5) is 16.9. The second-order valence-electron chi connectivity index (χ2n) is 0.408. The summed E-state index contributed by atoms with van der Waals surface area (Å²) in [7, 11) is 0. The van der Waals surface area contributed by atoms with E-state index >= 15 is 0 Å². The third-order valence-electron chi connectivity index (χ3n) is 0. The van der Waals surface area contributed by atoms with Gasteiger partial charge in [0.15, 0.2) is 0 Å². The van der Waals surface area contributed by atoms with E-state index in [-0.39, 0.29) is 0 Å². The Morgan fingerprint density at radius 2 is 1.12 bits per heavy atom. The molecule has 0 spiro atoms. The number of rotatable bonds is 0. The molecular formula is CuN2O5. The van der Waals surface area contributed by atoms with Crippen LogP contribution in [0.5, 0.6) is 0 Å². The fourth-order valence-electron chi connectivity index (χ4n) is 0. The third-order valence-corrected chi connectivity index (χ3v) is 0. The fourth-order valence-corrected chi connectivity index (χ4v) is 0. The first kappa shape index (κ1) is 10.2. The molecule has 0 radical (unpaired) electrons. The molecule has 0 aromatic carbocycles. The average Bonchev–Trinajstić information content (AvgIpc) is 1.25. The molecular weight excluding hydrogens is 172 g/mol. The molecule has 0 aromatic rings. The molecule has 0 aliphatic rings. The van der Waals surface area contributed by atoms with E-state index in [2.05, 4.69) is 16.2 Å². The largest absolute Gasteiger partial charge is 0.356 e. The smallest absolute Gasteiger partial charge is 0.0689 e. The van der Waals surface area contributed by atoms with E-state index in [1.807, 2.05) is 0 Å². The maximum atomic E-state index is 8.61. The molecule has 0 unspecified atom stereocenters. The summed E-state index contributed by atoms with van der Waals surface area (Å²) in [6.07, 6.45) is 0. The number of nitro groups is 1. The minimum atomic E-state index is -1.75. The van der Waals surface area contributed by atoms with Crippen LogP contribution in [0.3, 0.4) is 0 Å². The SMILES string of the molecule is O=[N+]([O-])[Cu+].O=[N+]([O-])[O-]. The van der Waals surface area contributed by atoms with E-state index in [9.17, 15) is 0 Å². The van der Waals surface area contributed by atoms with Gasteiger partial charge in [0.2, 0.25) is 0 Å². The van der Waals surface area contributed by atoms with Crippen molar-refractivity contribution in [3.8, 4) is 0 Å². The van der Waals surface area contributed by atoms with Gasteiger partial charge in [-0.05, 0) is 0 Å². The molecule has 0 amide bonds. The van der Waals surface area contributed by atoms with Crippen LogP contribution in [0.15, 0.2) is 0 Å². The van der Waals surface area contributed by atoms with Crippen molar-refractivity contribution in [1.82, 2.24) is 0 Å². The molecule has 0 saturated heterocycles. The van der Waals surface area contributed by atoms with Crippen LogP contribution in [0.25, 0.3) is 0 Å². The standard InChI is InChI=1S/Cu.NO3.NO2/c;2-1(3)4;2-1-3/q+1;-1;. The number of hydrogen-bond donors (Lipinski definition) is 0. The van der Waals surface area contributed by atoms with Crippen LogP contribution in [0.4, 0.5) is 0 Å². The minimum absolute atomic E-state index is 0.938. The molecule has 0 aliphatic heterocycles. The van der Waals surface area contributed by atoms with Crippen LogP contribution < -0.4 is 0 Å². The third kappa shape index (κ3) is 112. The molecule has 51 valence electrons. The summed E-state index contributed by atoms with van der Waals surface area (Å²) in [6.45, 7) is 0. The van der Waals surface area contributed by atoms with Gasteiger partial charge in [-0.3, -0.25) is 0 Å². The van der Waals surface area contributed by atoms with E-state index in [4.69, 9.17) is 25.4 Å². The van der Waals surface area contributed by atoms with E-state index in [0.717, 1.165) is 0 Å². The average molecular weight is 172 g/mol. The van der Waals surface area contributed by atoms with Crippen LogP contribution in [0.1, 0.15) is 0 Å². The molecule has 7 nitrogen and oxygen atoms in total. The normalized spacial score (nSPS) is 6.25. The molecule has 0 saturated carbocycles. The van der Waals surface area contributed by atoms with Gasteiger partial charge in [-0.15, -0.1) is 0 Å². The van der Waals surface area contributed by atoms with Crippen molar-refractivity contribution < 1.29 is 25.3 Å². The van der Waals surface area contributed by atoms with Crippen LogP contribution in [0.2, 0.25) is 0 Å². The maximum Gasteiger partial charge on any atom is 0.0689 e. The van der Waals surface area contributed by atoms with Gasteiger partial charge in [0.1, 0.15) is 0 Å². The Bertz CT molecular complexity index is 68.4. The van der Waals surface area contributed by atoms with E-state index < -0.39 is 9.03 Å². The van der Waals surface area contributed by atoms with E-state index in [1.165, 1.54) is 0 Å². The molecule has 0 aromatic heterocycles. The number of hydrogen-bond acceptors (Lipinski definition) is 5. The first-order chi connectivity index (χ1) is 3.46. The van der Waals surface area contributed by atoms with Gasteiger partial charge in [-0.2, -0.15) is 0 Å². The molecule has 0 rings (SSSR count). The van der Waals surface area contributed by atoms with Crippen molar-refractivity contribution in [1.29, 1.82) is 0 Å². The first-order valence-corrected chi connectivity index (χ1v) is 1.47. The van der Waals surface area contributed by atoms with E-state index in [0.29, 0.717) is 0 Å². The zero-order valence-electron chi connectivity index (χ0n) is 3.24. The van der Waals surface area contributed by atoms with Gasteiger partial charge in [0.25, 0.3) is 0 Å². The van der Waals surface area contributed by atoms with Crippen molar-refractivity contribution in [2.45, 2.75) is 0 Å². The van der Waals surface area contributed by atoms with Gasteiger partial charge >= 0.3 is 30.3 Å². The summed E-state index contributed by atoms with van der Waals surface area (Å²) in [5.74, 6) is 0. The maximum absolute atomic E-state index is 8.61. The summed E-state index contributed by atoms with van der Waals surface area (Å²) < 4.78 is -0.938. The fraction of sp³-hybridized carbons (Fsp3) is 0. The van der Waals surface area contributed by atoms with Gasteiger partial charge in [-0.25, -0.2) is 0 Å². The second-order valence-corrected chi connectivity index (χ2v) is 0.752. The summed E-state index contributed by atoms with van der Waals surface area (Å²) in [5, 5.41) is 23.4. The van der Waals surface area contributed by atoms with E-state index in [1.54, 1.807) is 0 Å². The first-order valence-electron chi connectivity index (χ1n) is 1.05. The Morgan fingerprint density at radius 3 is 1.12 bits per heavy atom. The zero-order chi connectivity index (χ0) is 7.15. The summed E-state index contributed by atoms with van der Waals surface area (Å²) in [5.41, 5.74) is 0. The number of nitrogens with zero attached hydrogens (tertiary/aromatic N) is 2. The van der Waals surface area contributed by atoms with Crippen LogP contribution in [-0.2, 0) is 16.2 Å². The van der Waals surface area contributed by atoms with Crippen LogP contribution >= 0.6 is 0 Å². The molecule has 0 atom stereocenters. The minimum Gasteiger partial charge on any atom is -0.356 e. The van der Waals surface area contributed by atoms with Crippen LogP contribution in [-0.4, -0.2) is 9.03 Å². The Balaban J connectivity index is 0. The Kier molecular flexibility index (Phi) is 7.78. The second kappa shape index (κ2) is 6.12. The predicted octanol–water partition coefficient (Wildman–Crippen LogP) is -0.514. The van der Waals surface area contributed by atoms with Crippen molar-refractivity contribution in [2.75, 3.05) is 0 Å². The summed E-state index contributed by atoms with van der Waals surface area (Å²) in [6, 6.07) is 0. The zero-order valence-corrected chi connectivity index (χ0v) is 4.18. The predicted molar refractivity (Wildman–Crippen MR) is 17.4 cm³/mol. The quantitative estimate of drug-likeness (QED) is 0.277. The monoisotopic (exact) mass is 171 g/mol. The van der Waals surface area contributed by atoms with Gasteiger partial charge in [-0.1, -0.05) is 0 Å². The summed E-state index contributed by atoms with van der Waals surface area (Å²) >= 11 is 3.47. The molecule has 8 heavy (non-hydrogen) atoms. The topological polar surface area (TPSA) is 109 Å². The molecule has 8 heteroatoms. The van der Waals surface area contributed by atoms with Crippen molar-refractivity contribution in [2.24, 2.45) is 0 Å². The van der Waals surface area contributed by atoms with Gasteiger partial charge < -0.3 is 15.3 Å². The Morgan fingerprint density at radius 1 is 1.12 bits per heavy atom. The molecule has 0 bridgehead atoms. The van der Waals surface area contributed by atoms with Gasteiger partial charge in [0, 0.05) is 0 Å². The van der Waals surface area contributed by atoms with Crippen LogP contribution in [0, 0.1) is 25.4 Å². The molecule has 0 heterocycles. The van der Waals surface area contributed by atoms with Gasteiger partial charge in [0.05, 0.1) is 5.09 Å². The Hall–Kier alpha value is -0.881. The van der Waals surface area contributed by atoms with Crippen molar-refractivity contribution in [3.05, 3.63) is 25.4 Å². The molecule has 0 aliphatic carbocycles. The molecule has 0 N–H and O–H groups in total. The van der Waals surface area contributed by atoms with Crippen molar-refractivity contribution >= 4 is 0 Å². The Labute approximate surface area is 51.6 Å². The molecule has 0 fully saturated rings. The van der Waals surface area contributed by atoms with Crippen molar-refractivity contribution in [3.63, 3.8) is 0 Å².